The van der Waals surface area contributed by atoms with Crippen LogP contribution in [0.2, 0.25) is 0 Å². The third-order valence-electron chi connectivity index (χ3n) is 3.49. The largest absolute Gasteiger partial charge is 0.264 e. The van der Waals surface area contributed by atoms with Crippen LogP contribution in [0.5, 0.6) is 0 Å². The lowest BCUT2D eigenvalue weighted by Crippen LogP contribution is -2.19. The van der Waals surface area contributed by atoms with Gasteiger partial charge in [-0.3, -0.25) is 4.68 Å². The molecule has 2 heteroatoms. The van der Waals surface area contributed by atoms with Crippen LogP contribution in [0.15, 0.2) is 36.4 Å². The van der Waals surface area contributed by atoms with Gasteiger partial charge in [-0.1, -0.05) is 71.9 Å². The number of hydrogen-bond acceptors (Lipinski definition) is 1. The Kier molecular flexibility index (Phi) is 3.77. The maximum Gasteiger partial charge on any atom is 0.0681 e. The van der Waals surface area contributed by atoms with Crippen molar-refractivity contribution in [3.8, 4) is 0 Å². The van der Waals surface area contributed by atoms with Gasteiger partial charge in [-0.25, -0.2) is 0 Å². The zero-order chi connectivity index (χ0) is 15.0. The van der Waals surface area contributed by atoms with E-state index in [1.807, 2.05) is 0 Å². The molecule has 20 heavy (non-hydrogen) atoms. The van der Waals surface area contributed by atoms with Crippen LogP contribution in [-0.2, 0) is 17.4 Å². The second kappa shape index (κ2) is 5.08. The summed E-state index contributed by atoms with van der Waals surface area (Å²) in [6, 6.07) is 12.8. The van der Waals surface area contributed by atoms with Gasteiger partial charge in [0.15, 0.2) is 0 Å². The zero-order valence-corrected chi connectivity index (χ0v) is 13.6. The standard InChI is InChI=1S/C18H26N2/c1-17(2,3)15-12-16(18(4,5)6)20(19-15)13-14-10-8-7-9-11-14/h7-12H,13H2,1-6H3. The van der Waals surface area contributed by atoms with Crippen molar-refractivity contribution in [1.29, 1.82) is 0 Å². The van der Waals surface area contributed by atoms with Crippen molar-refractivity contribution < 1.29 is 0 Å². The van der Waals surface area contributed by atoms with Crippen molar-refractivity contribution in [3.63, 3.8) is 0 Å². The predicted octanol–water partition coefficient (Wildman–Crippen LogP) is 4.53. The fraction of sp³-hybridized carbons (Fsp3) is 0.500. The lowest BCUT2D eigenvalue weighted by atomic mass is 9.88. The number of nitrogens with zero attached hydrogens (tertiary/aromatic N) is 2. The van der Waals surface area contributed by atoms with Crippen molar-refractivity contribution in [2.24, 2.45) is 0 Å². The maximum atomic E-state index is 4.86. The Morgan fingerprint density at radius 3 is 2.00 bits per heavy atom. The lowest BCUT2D eigenvalue weighted by molar-refractivity contribution is 0.496. The Hall–Kier alpha value is -1.57. The molecule has 0 amide bonds. The fourth-order valence-corrected chi connectivity index (χ4v) is 2.26. The Balaban J connectivity index is 2.43. The first-order valence-corrected chi connectivity index (χ1v) is 7.31. The molecular weight excluding hydrogens is 244 g/mol. The number of hydrogen-bond donors (Lipinski definition) is 0. The minimum absolute atomic E-state index is 0.0853. The second-order valence-electron chi connectivity index (χ2n) is 7.56. The molecule has 0 aliphatic rings. The molecule has 0 spiro atoms. The van der Waals surface area contributed by atoms with Gasteiger partial charge < -0.3 is 0 Å². The van der Waals surface area contributed by atoms with E-state index in [-0.39, 0.29) is 10.8 Å². The number of aromatic nitrogens is 2. The van der Waals surface area contributed by atoms with Crippen LogP contribution in [0.25, 0.3) is 0 Å². The average molecular weight is 270 g/mol. The van der Waals surface area contributed by atoms with E-state index in [0.29, 0.717) is 0 Å². The third kappa shape index (κ3) is 3.30. The minimum atomic E-state index is 0.0853. The summed E-state index contributed by atoms with van der Waals surface area (Å²) in [5, 5.41) is 4.86. The molecule has 0 bridgehead atoms. The topological polar surface area (TPSA) is 17.8 Å². The van der Waals surface area contributed by atoms with Gasteiger partial charge in [0.2, 0.25) is 0 Å². The Bertz CT molecular complexity index is 566. The van der Waals surface area contributed by atoms with E-state index in [1.165, 1.54) is 17.0 Å². The smallest absolute Gasteiger partial charge is 0.0681 e. The Labute approximate surface area is 122 Å². The first-order chi connectivity index (χ1) is 9.18. The van der Waals surface area contributed by atoms with Crippen LogP contribution in [0, 0.1) is 0 Å². The molecule has 1 aromatic carbocycles. The summed E-state index contributed by atoms with van der Waals surface area (Å²) < 4.78 is 2.16. The van der Waals surface area contributed by atoms with Gasteiger partial charge in [-0.2, -0.15) is 5.10 Å². The molecule has 0 fully saturated rings. The van der Waals surface area contributed by atoms with Gasteiger partial charge in [0.1, 0.15) is 0 Å². The molecule has 2 aromatic rings. The molecule has 2 rings (SSSR count). The van der Waals surface area contributed by atoms with E-state index in [4.69, 9.17) is 5.10 Å². The Morgan fingerprint density at radius 1 is 0.900 bits per heavy atom. The van der Waals surface area contributed by atoms with Crippen molar-refractivity contribution in [3.05, 3.63) is 53.3 Å². The fourth-order valence-electron chi connectivity index (χ4n) is 2.26. The van der Waals surface area contributed by atoms with Gasteiger partial charge >= 0.3 is 0 Å². The lowest BCUT2D eigenvalue weighted by Gasteiger charge is -2.20. The van der Waals surface area contributed by atoms with Crippen LogP contribution < -0.4 is 0 Å². The summed E-state index contributed by atoms with van der Waals surface area (Å²) in [7, 11) is 0. The highest BCUT2D eigenvalue weighted by molar-refractivity contribution is 5.24. The first kappa shape index (κ1) is 14.8. The van der Waals surface area contributed by atoms with Gasteiger partial charge in [-0.05, 0) is 11.6 Å². The van der Waals surface area contributed by atoms with Crippen LogP contribution >= 0.6 is 0 Å². The van der Waals surface area contributed by atoms with E-state index in [0.717, 1.165) is 6.54 Å². The summed E-state index contributed by atoms with van der Waals surface area (Å²) in [6.45, 7) is 14.2. The van der Waals surface area contributed by atoms with Crippen molar-refractivity contribution in [1.82, 2.24) is 9.78 Å². The number of rotatable bonds is 2. The summed E-state index contributed by atoms with van der Waals surface area (Å²) in [4.78, 5) is 0. The van der Waals surface area contributed by atoms with Crippen molar-refractivity contribution >= 4 is 0 Å². The predicted molar refractivity (Wildman–Crippen MR) is 85.2 cm³/mol. The van der Waals surface area contributed by atoms with Gasteiger partial charge in [0, 0.05) is 16.5 Å². The molecular formula is C18H26N2. The van der Waals surface area contributed by atoms with E-state index in [9.17, 15) is 0 Å². The molecule has 0 saturated carbocycles. The van der Waals surface area contributed by atoms with E-state index >= 15 is 0 Å². The molecule has 0 aliphatic heterocycles. The molecule has 108 valence electrons. The quantitative estimate of drug-likeness (QED) is 0.784. The monoisotopic (exact) mass is 270 g/mol. The SMILES string of the molecule is CC(C)(C)c1cc(C(C)(C)C)n(Cc2ccccc2)n1. The summed E-state index contributed by atoms with van der Waals surface area (Å²) in [5.74, 6) is 0. The molecule has 0 atom stereocenters. The molecule has 1 heterocycles. The van der Waals surface area contributed by atoms with Gasteiger partial charge in [0.05, 0.1) is 12.2 Å². The van der Waals surface area contributed by atoms with E-state index in [1.54, 1.807) is 0 Å². The van der Waals surface area contributed by atoms with Gasteiger partial charge in [-0.15, -0.1) is 0 Å². The van der Waals surface area contributed by atoms with E-state index in [2.05, 4.69) is 82.6 Å². The highest BCUT2D eigenvalue weighted by Crippen LogP contribution is 2.28. The first-order valence-electron chi connectivity index (χ1n) is 7.31. The third-order valence-corrected chi connectivity index (χ3v) is 3.49. The summed E-state index contributed by atoms with van der Waals surface area (Å²) >= 11 is 0. The maximum absolute atomic E-state index is 4.86. The van der Waals surface area contributed by atoms with Crippen LogP contribution in [0.3, 0.4) is 0 Å². The van der Waals surface area contributed by atoms with Crippen molar-refractivity contribution in [2.75, 3.05) is 0 Å². The normalized spacial score (nSPS) is 12.7. The minimum Gasteiger partial charge on any atom is -0.264 e. The van der Waals surface area contributed by atoms with Gasteiger partial charge in [0.25, 0.3) is 0 Å². The number of benzene rings is 1. The summed E-state index contributed by atoms with van der Waals surface area (Å²) in [5.41, 5.74) is 3.94. The average Bonchev–Trinajstić information content (AvgIpc) is 2.74. The molecule has 0 aliphatic carbocycles. The highest BCUT2D eigenvalue weighted by atomic mass is 15.3. The van der Waals surface area contributed by atoms with Crippen molar-refractivity contribution in [2.45, 2.75) is 58.9 Å². The Morgan fingerprint density at radius 2 is 1.50 bits per heavy atom. The second-order valence-corrected chi connectivity index (χ2v) is 7.56. The molecule has 0 N–H and O–H groups in total. The molecule has 2 nitrogen and oxygen atoms in total. The van der Waals surface area contributed by atoms with Crippen LogP contribution in [-0.4, -0.2) is 9.78 Å². The zero-order valence-electron chi connectivity index (χ0n) is 13.6. The van der Waals surface area contributed by atoms with Crippen LogP contribution in [0.4, 0.5) is 0 Å². The molecule has 1 aromatic heterocycles. The highest BCUT2D eigenvalue weighted by Gasteiger charge is 2.25. The van der Waals surface area contributed by atoms with Crippen LogP contribution in [0.1, 0.15) is 58.5 Å². The van der Waals surface area contributed by atoms with E-state index < -0.39 is 0 Å². The molecule has 0 radical (unpaired) electrons. The molecule has 0 unspecified atom stereocenters. The molecule has 0 saturated heterocycles. The summed E-state index contributed by atoms with van der Waals surface area (Å²) in [6.07, 6.45) is 0.